The molecular formula is C12H16N2O4. The molecule has 6 nitrogen and oxygen atoms in total. The Labute approximate surface area is 105 Å². The van der Waals surface area contributed by atoms with Crippen molar-refractivity contribution >= 4 is 6.09 Å². The van der Waals surface area contributed by atoms with E-state index in [1.807, 2.05) is 0 Å². The van der Waals surface area contributed by atoms with Crippen LogP contribution in [-0.4, -0.2) is 32.6 Å². The van der Waals surface area contributed by atoms with Crippen molar-refractivity contribution in [1.29, 1.82) is 5.26 Å². The molecule has 98 valence electrons. The highest BCUT2D eigenvalue weighted by Crippen LogP contribution is 2.19. The van der Waals surface area contributed by atoms with Crippen LogP contribution in [0.5, 0.6) is 0 Å². The number of aromatic nitrogens is 1. The topological polar surface area (TPSA) is 95.5 Å². The van der Waals surface area contributed by atoms with Crippen LogP contribution < -0.4 is 0 Å². The first-order valence-corrected chi connectivity index (χ1v) is 5.42. The minimum absolute atomic E-state index is 0.110. The molecule has 0 bridgehead atoms. The summed E-state index contributed by atoms with van der Waals surface area (Å²) in [7, 11) is 0. The number of rotatable bonds is 2. The van der Waals surface area contributed by atoms with E-state index in [0.717, 1.165) is 4.57 Å². The van der Waals surface area contributed by atoms with Crippen LogP contribution in [-0.2, 0) is 4.74 Å². The Kier molecular flexibility index (Phi) is 4.11. The number of nitrogens with zero attached hydrogens (tertiary/aromatic N) is 2. The monoisotopic (exact) mass is 252 g/mol. The van der Waals surface area contributed by atoms with Gasteiger partial charge in [-0.3, -0.25) is 4.57 Å². The predicted octanol–water partition coefficient (Wildman–Crippen LogP) is 1.19. The summed E-state index contributed by atoms with van der Waals surface area (Å²) in [5.74, 6) is 0. The van der Waals surface area contributed by atoms with Crippen LogP contribution in [0.2, 0.25) is 0 Å². The Morgan fingerprint density at radius 3 is 2.61 bits per heavy atom. The summed E-state index contributed by atoms with van der Waals surface area (Å²) in [5.41, 5.74) is -0.560. The van der Waals surface area contributed by atoms with Gasteiger partial charge in [0.15, 0.2) is 6.10 Å². The third kappa shape index (κ3) is 3.32. The first-order valence-electron chi connectivity index (χ1n) is 5.42. The molecule has 6 heteroatoms. The van der Waals surface area contributed by atoms with Crippen LogP contribution in [0, 0.1) is 11.3 Å². The highest BCUT2D eigenvalue weighted by molar-refractivity contribution is 5.72. The number of carbonyl (C=O) groups is 1. The van der Waals surface area contributed by atoms with Gasteiger partial charge in [0, 0.05) is 6.20 Å². The van der Waals surface area contributed by atoms with Crippen molar-refractivity contribution in [3.05, 3.63) is 24.0 Å². The maximum Gasteiger partial charge on any atom is 0.418 e. The molecule has 0 aliphatic rings. The van der Waals surface area contributed by atoms with Crippen LogP contribution in [0.3, 0.4) is 0 Å². The van der Waals surface area contributed by atoms with Gasteiger partial charge in [-0.05, 0) is 32.9 Å². The average Bonchev–Trinajstić information content (AvgIpc) is 2.73. The largest absolute Gasteiger partial charge is 0.443 e. The van der Waals surface area contributed by atoms with Gasteiger partial charge in [-0.25, -0.2) is 4.79 Å². The summed E-state index contributed by atoms with van der Waals surface area (Å²) in [5, 5.41) is 27.5. The van der Waals surface area contributed by atoms with Gasteiger partial charge in [-0.15, -0.1) is 0 Å². The summed E-state index contributed by atoms with van der Waals surface area (Å²) in [6.45, 7) is 5.15. The molecule has 0 aliphatic heterocycles. The molecule has 2 N–H and O–H groups in total. The predicted molar refractivity (Wildman–Crippen MR) is 62.6 cm³/mol. The van der Waals surface area contributed by atoms with Crippen LogP contribution >= 0.6 is 0 Å². The first-order chi connectivity index (χ1) is 8.26. The van der Waals surface area contributed by atoms with Gasteiger partial charge < -0.3 is 14.9 Å². The lowest BCUT2D eigenvalue weighted by Gasteiger charge is -2.21. The van der Waals surface area contributed by atoms with Gasteiger partial charge in [0.2, 0.25) is 0 Å². The molecule has 18 heavy (non-hydrogen) atoms. The minimum Gasteiger partial charge on any atom is -0.443 e. The lowest BCUT2D eigenvalue weighted by molar-refractivity contribution is 0.0373. The Morgan fingerprint density at radius 2 is 2.11 bits per heavy atom. The van der Waals surface area contributed by atoms with E-state index in [-0.39, 0.29) is 5.69 Å². The summed E-state index contributed by atoms with van der Waals surface area (Å²) >= 11 is 0. The lowest BCUT2D eigenvalue weighted by Crippen LogP contribution is -2.29. The van der Waals surface area contributed by atoms with Gasteiger partial charge in [-0.2, -0.15) is 5.26 Å². The fraction of sp³-hybridized carbons (Fsp3) is 0.500. The number of ether oxygens (including phenoxy) is 1. The highest BCUT2D eigenvalue weighted by atomic mass is 16.6. The molecule has 0 fully saturated rings. The number of aliphatic hydroxyl groups is 2. The maximum absolute atomic E-state index is 11.8. The SMILES string of the molecule is CC(C)(C)OC(=O)n1cccc1C(O)C(O)C#N. The standard InChI is InChI=1S/C12H16N2O4/c1-12(2,3)18-11(17)14-6-4-5-8(14)10(16)9(15)7-13/h4-6,9-10,15-16H,1-3H3. The van der Waals surface area contributed by atoms with Crippen molar-refractivity contribution in [2.75, 3.05) is 0 Å². The third-order valence-corrected chi connectivity index (χ3v) is 2.10. The Balaban J connectivity index is 2.96. The Hall–Kier alpha value is -1.84. The van der Waals surface area contributed by atoms with E-state index in [9.17, 15) is 15.0 Å². The zero-order chi connectivity index (χ0) is 13.9. The lowest BCUT2D eigenvalue weighted by atomic mass is 10.1. The van der Waals surface area contributed by atoms with Gasteiger partial charge >= 0.3 is 6.09 Å². The van der Waals surface area contributed by atoms with Gasteiger partial charge in [0.25, 0.3) is 0 Å². The Bertz CT molecular complexity index is 467. The zero-order valence-corrected chi connectivity index (χ0v) is 10.5. The van der Waals surface area contributed by atoms with Crippen molar-refractivity contribution < 1.29 is 19.7 Å². The quantitative estimate of drug-likeness (QED) is 0.771. The molecule has 1 aromatic heterocycles. The fourth-order valence-electron chi connectivity index (χ4n) is 1.34. The molecule has 0 aromatic carbocycles. The van der Waals surface area contributed by atoms with Crippen molar-refractivity contribution in [3.63, 3.8) is 0 Å². The highest BCUT2D eigenvalue weighted by Gasteiger charge is 2.25. The maximum atomic E-state index is 11.8. The second-order valence-corrected chi connectivity index (χ2v) is 4.80. The molecule has 0 saturated carbocycles. The summed E-state index contributed by atoms with van der Waals surface area (Å²) < 4.78 is 6.20. The summed E-state index contributed by atoms with van der Waals surface area (Å²) in [4.78, 5) is 11.8. The van der Waals surface area contributed by atoms with E-state index >= 15 is 0 Å². The fourth-order valence-corrected chi connectivity index (χ4v) is 1.34. The van der Waals surface area contributed by atoms with E-state index in [0.29, 0.717) is 0 Å². The van der Waals surface area contributed by atoms with E-state index < -0.39 is 23.9 Å². The number of nitriles is 1. The normalized spacial score (nSPS) is 14.7. The molecule has 1 rings (SSSR count). The van der Waals surface area contributed by atoms with Crippen LogP contribution in [0.4, 0.5) is 4.79 Å². The van der Waals surface area contributed by atoms with Crippen molar-refractivity contribution in [1.82, 2.24) is 4.57 Å². The molecule has 0 saturated heterocycles. The van der Waals surface area contributed by atoms with Crippen LogP contribution in [0.1, 0.15) is 32.6 Å². The summed E-state index contributed by atoms with van der Waals surface area (Å²) in [6, 6.07) is 4.47. The van der Waals surface area contributed by atoms with Crippen molar-refractivity contribution in [2.45, 2.75) is 38.6 Å². The molecule has 0 spiro atoms. The first kappa shape index (κ1) is 14.2. The van der Waals surface area contributed by atoms with Crippen molar-refractivity contribution in [3.8, 4) is 6.07 Å². The van der Waals surface area contributed by atoms with Gasteiger partial charge in [0.1, 0.15) is 11.7 Å². The summed E-state index contributed by atoms with van der Waals surface area (Å²) in [6.07, 6.45) is -2.33. The molecule has 2 atom stereocenters. The molecule has 0 aliphatic carbocycles. The average molecular weight is 252 g/mol. The Morgan fingerprint density at radius 1 is 1.50 bits per heavy atom. The molecule has 2 unspecified atom stereocenters. The number of carbonyl (C=O) groups excluding carboxylic acids is 1. The number of hydrogen-bond donors (Lipinski definition) is 2. The van der Waals surface area contributed by atoms with Crippen molar-refractivity contribution in [2.24, 2.45) is 0 Å². The molecule has 0 amide bonds. The number of aliphatic hydroxyl groups excluding tert-OH is 2. The molecule has 1 heterocycles. The zero-order valence-electron chi connectivity index (χ0n) is 10.5. The third-order valence-electron chi connectivity index (χ3n) is 2.10. The smallest absolute Gasteiger partial charge is 0.418 e. The second kappa shape index (κ2) is 5.21. The molecular weight excluding hydrogens is 236 g/mol. The minimum atomic E-state index is -1.60. The second-order valence-electron chi connectivity index (χ2n) is 4.80. The van der Waals surface area contributed by atoms with Gasteiger partial charge in [-0.1, -0.05) is 0 Å². The van der Waals surface area contributed by atoms with E-state index in [1.54, 1.807) is 20.8 Å². The van der Waals surface area contributed by atoms with E-state index in [1.165, 1.54) is 24.4 Å². The van der Waals surface area contributed by atoms with Crippen LogP contribution in [0.15, 0.2) is 18.3 Å². The van der Waals surface area contributed by atoms with Crippen LogP contribution in [0.25, 0.3) is 0 Å². The van der Waals surface area contributed by atoms with E-state index in [4.69, 9.17) is 10.00 Å². The van der Waals surface area contributed by atoms with Gasteiger partial charge in [0.05, 0.1) is 11.8 Å². The number of hydrogen-bond acceptors (Lipinski definition) is 5. The molecule has 1 aromatic rings. The van der Waals surface area contributed by atoms with E-state index in [2.05, 4.69) is 0 Å². The molecule has 0 radical (unpaired) electrons.